The SMILES string of the molecule is CN1CCCC1CNc1cccc(F)c1N. The average molecular weight is 223 g/mol. The van der Waals surface area contributed by atoms with E-state index in [-0.39, 0.29) is 11.5 Å². The number of benzene rings is 1. The number of nitrogens with one attached hydrogen (secondary N) is 1. The van der Waals surface area contributed by atoms with Crippen LogP contribution in [-0.2, 0) is 0 Å². The third-order valence-electron chi connectivity index (χ3n) is 3.25. The molecule has 1 heterocycles. The molecule has 88 valence electrons. The van der Waals surface area contributed by atoms with Gasteiger partial charge in [-0.3, -0.25) is 0 Å². The Kier molecular flexibility index (Phi) is 3.29. The Labute approximate surface area is 95.4 Å². The molecule has 0 amide bonds. The summed E-state index contributed by atoms with van der Waals surface area (Å²) < 4.78 is 13.2. The van der Waals surface area contributed by atoms with Crippen LogP contribution in [0, 0.1) is 5.82 Å². The molecular formula is C12H18FN3. The van der Waals surface area contributed by atoms with E-state index in [4.69, 9.17) is 5.73 Å². The summed E-state index contributed by atoms with van der Waals surface area (Å²) in [5.74, 6) is -0.357. The normalized spacial score (nSPS) is 21.2. The Morgan fingerprint density at radius 3 is 3.06 bits per heavy atom. The predicted octanol–water partition coefficient (Wildman–Crippen LogP) is 1.91. The van der Waals surface area contributed by atoms with Gasteiger partial charge in [0.1, 0.15) is 5.82 Å². The Balaban J connectivity index is 1.96. The summed E-state index contributed by atoms with van der Waals surface area (Å²) >= 11 is 0. The molecule has 3 nitrogen and oxygen atoms in total. The first-order valence-electron chi connectivity index (χ1n) is 5.66. The van der Waals surface area contributed by atoms with Crippen LogP contribution in [0.5, 0.6) is 0 Å². The number of nitrogen functional groups attached to an aromatic ring is 1. The molecule has 16 heavy (non-hydrogen) atoms. The fourth-order valence-corrected chi connectivity index (χ4v) is 2.16. The number of likely N-dealkylation sites (N-methyl/N-ethyl adjacent to an activating group) is 1. The fourth-order valence-electron chi connectivity index (χ4n) is 2.16. The number of likely N-dealkylation sites (tertiary alicyclic amines) is 1. The zero-order valence-electron chi connectivity index (χ0n) is 9.54. The quantitative estimate of drug-likeness (QED) is 0.769. The maximum absolute atomic E-state index is 13.2. The van der Waals surface area contributed by atoms with E-state index in [0.29, 0.717) is 11.7 Å². The molecule has 1 aromatic rings. The molecule has 3 N–H and O–H groups in total. The summed E-state index contributed by atoms with van der Waals surface area (Å²) in [6.45, 7) is 1.97. The first kappa shape index (κ1) is 11.2. The molecule has 1 unspecified atom stereocenters. The standard InChI is InChI=1S/C12H18FN3/c1-16-7-3-4-9(16)8-15-11-6-2-5-10(13)12(11)14/h2,5-6,9,15H,3-4,7-8,14H2,1H3. The molecule has 1 aliphatic heterocycles. The molecule has 0 radical (unpaired) electrons. The van der Waals surface area contributed by atoms with Gasteiger partial charge in [0.15, 0.2) is 0 Å². The van der Waals surface area contributed by atoms with Gasteiger partial charge in [0.2, 0.25) is 0 Å². The molecule has 1 atom stereocenters. The maximum Gasteiger partial charge on any atom is 0.148 e. The molecule has 1 aromatic carbocycles. The van der Waals surface area contributed by atoms with Gasteiger partial charge in [-0.15, -0.1) is 0 Å². The summed E-state index contributed by atoms with van der Waals surface area (Å²) in [7, 11) is 2.12. The van der Waals surface area contributed by atoms with Gasteiger partial charge in [-0.1, -0.05) is 6.07 Å². The predicted molar refractivity (Wildman–Crippen MR) is 65.0 cm³/mol. The summed E-state index contributed by atoms with van der Waals surface area (Å²) in [4.78, 5) is 2.32. The van der Waals surface area contributed by atoms with Crippen LogP contribution in [0.15, 0.2) is 18.2 Å². The van der Waals surface area contributed by atoms with E-state index in [1.54, 1.807) is 6.07 Å². The Morgan fingerprint density at radius 1 is 1.56 bits per heavy atom. The van der Waals surface area contributed by atoms with Gasteiger partial charge in [0, 0.05) is 12.6 Å². The largest absolute Gasteiger partial charge is 0.395 e. The third kappa shape index (κ3) is 2.27. The van der Waals surface area contributed by atoms with Crippen molar-refractivity contribution in [2.45, 2.75) is 18.9 Å². The first-order chi connectivity index (χ1) is 7.68. The highest BCUT2D eigenvalue weighted by Gasteiger charge is 2.20. The van der Waals surface area contributed by atoms with E-state index in [0.717, 1.165) is 13.1 Å². The van der Waals surface area contributed by atoms with E-state index in [9.17, 15) is 4.39 Å². The van der Waals surface area contributed by atoms with Gasteiger partial charge in [-0.25, -0.2) is 4.39 Å². The lowest BCUT2D eigenvalue weighted by Crippen LogP contribution is -2.31. The van der Waals surface area contributed by atoms with Crippen LogP contribution in [0.3, 0.4) is 0 Å². The smallest absolute Gasteiger partial charge is 0.148 e. The average Bonchev–Trinajstić information content (AvgIpc) is 2.67. The van der Waals surface area contributed by atoms with Crippen LogP contribution in [-0.4, -0.2) is 31.1 Å². The Morgan fingerprint density at radius 2 is 2.38 bits per heavy atom. The number of hydrogen-bond acceptors (Lipinski definition) is 3. The summed E-state index contributed by atoms with van der Waals surface area (Å²) in [5, 5.41) is 3.22. The van der Waals surface area contributed by atoms with E-state index < -0.39 is 0 Å². The highest BCUT2D eigenvalue weighted by molar-refractivity contribution is 5.66. The van der Waals surface area contributed by atoms with Crippen molar-refractivity contribution in [2.75, 3.05) is 31.2 Å². The summed E-state index contributed by atoms with van der Waals surface area (Å²) in [6.07, 6.45) is 2.43. The fraction of sp³-hybridized carbons (Fsp3) is 0.500. The van der Waals surface area contributed by atoms with E-state index >= 15 is 0 Å². The second-order valence-corrected chi connectivity index (χ2v) is 4.36. The van der Waals surface area contributed by atoms with Crippen molar-refractivity contribution in [2.24, 2.45) is 0 Å². The van der Waals surface area contributed by atoms with Gasteiger partial charge in [0.25, 0.3) is 0 Å². The van der Waals surface area contributed by atoms with Crippen LogP contribution in [0.2, 0.25) is 0 Å². The van der Waals surface area contributed by atoms with Crippen molar-refractivity contribution in [3.63, 3.8) is 0 Å². The molecular weight excluding hydrogens is 205 g/mol. The van der Waals surface area contributed by atoms with Crippen LogP contribution in [0.4, 0.5) is 15.8 Å². The van der Waals surface area contributed by atoms with Crippen molar-refractivity contribution in [3.05, 3.63) is 24.0 Å². The van der Waals surface area contributed by atoms with Crippen LogP contribution >= 0.6 is 0 Å². The lowest BCUT2D eigenvalue weighted by Gasteiger charge is -2.20. The van der Waals surface area contributed by atoms with E-state index in [2.05, 4.69) is 17.3 Å². The van der Waals surface area contributed by atoms with Gasteiger partial charge in [0.05, 0.1) is 11.4 Å². The number of hydrogen-bond donors (Lipinski definition) is 2. The molecule has 0 saturated carbocycles. The molecule has 0 spiro atoms. The van der Waals surface area contributed by atoms with Crippen molar-refractivity contribution < 1.29 is 4.39 Å². The number of rotatable bonds is 3. The van der Waals surface area contributed by atoms with Crippen molar-refractivity contribution in [3.8, 4) is 0 Å². The van der Waals surface area contributed by atoms with Crippen molar-refractivity contribution in [1.29, 1.82) is 0 Å². The highest BCUT2D eigenvalue weighted by atomic mass is 19.1. The summed E-state index contributed by atoms with van der Waals surface area (Å²) in [6, 6.07) is 5.39. The van der Waals surface area contributed by atoms with Crippen LogP contribution in [0.25, 0.3) is 0 Å². The van der Waals surface area contributed by atoms with Gasteiger partial charge < -0.3 is 16.0 Å². The molecule has 4 heteroatoms. The topological polar surface area (TPSA) is 41.3 Å². The minimum Gasteiger partial charge on any atom is -0.395 e. The van der Waals surface area contributed by atoms with E-state index in [1.165, 1.54) is 18.9 Å². The monoisotopic (exact) mass is 223 g/mol. The number of para-hydroxylation sites is 1. The zero-order valence-corrected chi connectivity index (χ0v) is 9.54. The van der Waals surface area contributed by atoms with Crippen LogP contribution in [0.1, 0.15) is 12.8 Å². The van der Waals surface area contributed by atoms with Gasteiger partial charge >= 0.3 is 0 Å². The lowest BCUT2D eigenvalue weighted by molar-refractivity contribution is 0.322. The van der Waals surface area contributed by atoms with Crippen LogP contribution < -0.4 is 11.1 Å². The minimum atomic E-state index is -0.357. The van der Waals surface area contributed by atoms with Gasteiger partial charge in [-0.2, -0.15) is 0 Å². The molecule has 0 aromatic heterocycles. The lowest BCUT2D eigenvalue weighted by atomic mass is 10.2. The molecule has 2 rings (SSSR count). The molecule has 1 aliphatic rings. The van der Waals surface area contributed by atoms with Gasteiger partial charge in [-0.05, 0) is 38.6 Å². The summed E-state index contributed by atoms with van der Waals surface area (Å²) in [5.41, 5.74) is 6.56. The maximum atomic E-state index is 13.2. The number of halogens is 1. The molecule has 1 saturated heterocycles. The van der Waals surface area contributed by atoms with Crippen molar-refractivity contribution >= 4 is 11.4 Å². The molecule has 0 bridgehead atoms. The third-order valence-corrected chi connectivity index (χ3v) is 3.25. The second-order valence-electron chi connectivity index (χ2n) is 4.36. The number of nitrogens with zero attached hydrogens (tertiary/aromatic N) is 1. The molecule has 0 aliphatic carbocycles. The number of nitrogens with two attached hydrogens (primary N) is 1. The second kappa shape index (κ2) is 4.70. The zero-order chi connectivity index (χ0) is 11.5. The first-order valence-corrected chi connectivity index (χ1v) is 5.66. The van der Waals surface area contributed by atoms with Crippen molar-refractivity contribution in [1.82, 2.24) is 4.90 Å². The molecule has 1 fully saturated rings. The Hall–Kier alpha value is -1.29. The van der Waals surface area contributed by atoms with E-state index in [1.807, 2.05) is 6.07 Å². The number of anilines is 2. The Bertz CT molecular complexity index is 367. The highest BCUT2D eigenvalue weighted by Crippen LogP contribution is 2.22. The minimum absolute atomic E-state index is 0.211.